The Balaban J connectivity index is 1.62. The van der Waals surface area contributed by atoms with E-state index in [4.69, 9.17) is 4.74 Å². The van der Waals surface area contributed by atoms with Gasteiger partial charge in [0.1, 0.15) is 5.60 Å². The van der Waals surface area contributed by atoms with Gasteiger partial charge >= 0.3 is 6.09 Å². The van der Waals surface area contributed by atoms with Crippen molar-refractivity contribution in [2.24, 2.45) is 0 Å². The minimum atomic E-state index is -0.891. The standard InChI is InChI=1S/C23H29NO3/c1-22(2,3)27-21(25)24-19-9-6-10-20(24)15-23(26,14-19)18-12-11-16-7-4-5-8-17(16)13-18/h4-5,7-8,11-13,19-20,26H,6,9-10,14-15H2,1-3H3. The number of rotatable bonds is 1. The van der Waals surface area contributed by atoms with E-state index in [9.17, 15) is 9.90 Å². The Kier molecular flexibility index (Phi) is 4.42. The lowest BCUT2D eigenvalue weighted by Gasteiger charge is -2.52. The topological polar surface area (TPSA) is 49.8 Å². The van der Waals surface area contributed by atoms with Crippen LogP contribution in [-0.4, -0.2) is 33.8 Å². The number of nitrogens with zero attached hydrogens (tertiary/aromatic N) is 1. The van der Waals surface area contributed by atoms with Gasteiger partial charge in [-0.3, -0.25) is 0 Å². The fraction of sp³-hybridized carbons (Fsp3) is 0.522. The lowest BCUT2D eigenvalue weighted by molar-refractivity contribution is -0.0964. The molecule has 2 saturated heterocycles. The Labute approximate surface area is 161 Å². The Bertz CT molecular complexity index is 840. The van der Waals surface area contributed by atoms with Crippen LogP contribution in [-0.2, 0) is 10.3 Å². The zero-order chi connectivity index (χ0) is 19.2. The second-order valence-corrected chi connectivity index (χ2v) is 9.13. The van der Waals surface area contributed by atoms with Crippen molar-refractivity contribution < 1.29 is 14.6 Å². The molecular weight excluding hydrogens is 338 g/mol. The van der Waals surface area contributed by atoms with Crippen molar-refractivity contribution >= 4 is 16.9 Å². The maximum atomic E-state index is 12.8. The Morgan fingerprint density at radius 2 is 1.70 bits per heavy atom. The molecule has 0 radical (unpaired) electrons. The molecule has 0 saturated carbocycles. The largest absolute Gasteiger partial charge is 0.444 e. The Hall–Kier alpha value is -2.07. The van der Waals surface area contributed by atoms with Gasteiger partial charge in [-0.25, -0.2) is 4.79 Å². The molecule has 1 amide bonds. The van der Waals surface area contributed by atoms with E-state index in [1.807, 2.05) is 43.9 Å². The molecule has 2 atom stereocenters. The van der Waals surface area contributed by atoms with E-state index in [1.54, 1.807) is 0 Å². The molecule has 1 N–H and O–H groups in total. The number of fused-ring (bicyclic) bond motifs is 3. The summed E-state index contributed by atoms with van der Waals surface area (Å²) in [5.74, 6) is 0. The fourth-order valence-electron chi connectivity index (χ4n) is 4.76. The zero-order valence-corrected chi connectivity index (χ0v) is 16.4. The van der Waals surface area contributed by atoms with Gasteiger partial charge in [0.15, 0.2) is 0 Å². The number of carbonyl (C=O) groups excluding carboxylic acids is 1. The van der Waals surface area contributed by atoms with Gasteiger partial charge in [0, 0.05) is 24.9 Å². The molecule has 0 aliphatic carbocycles. The number of hydrogen-bond donors (Lipinski definition) is 1. The van der Waals surface area contributed by atoms with Crippen molar-refractivity contribution in [3.63, 3.8) is 0 Å². The van der Waals surface area contributed by atoms with Gasteiger partial charge in [0.2, 0.25) is 0 Å². The van der Waals surface area contributed by atoms with Crippen LogP contribution >= 0.6 is 0 Å². The molecule has 4 heteroatoms. The van der Waals surface area contributed by atoms with Crippen LogP contribution < -0.4 is 0 Å². The number of ether oxygens (including phenoxy) is 1. The summed E-state index contributed by atoms with van der Waals surface area (Å²) >= 11 is 0. The molecule has 2 aromatic rings. The molecule has 4 nitrogen and oxygen atoms in total. The van der Waals surface area contributed by atoms with Gasteiger partial charge in [0.05, 0.1) is 5.60 Å². The second-order valence-electron chi connectivity index (χ2n) is 9.13. The molecule has 2 heterocycles. The quantitative estimate of drug-likeness (QED) is 0.773. The summed E-state index contributed by atoms with van der Waals surface area (Å²) in [7, 11) is 0. The predicted molar refractivity (Wildman–Crippen MR) is 107 cm³/mol. The molecule has 2 aliphatic rings. The van der Waals surface area contributed by atoms with Gasteiger partial charge < -0.3 is 14.7 Å². The minimum absolute atomic E-state index is 0.0313. The highest BCUT2D eigenvalue weighted by Gasteiger charge is 2.49. The Morgan fingerprint density at radius 3 is 2.33 bits per heavy atom. The lowest BCUT2D eigenvalue weighted by Crippen LogP contribution is -2.59. The molecule has 2 aromatic carbocycles. The molecule has 2 unspecified atom stereocenters. The maximum Gasteiger partial charge on any atom is 0.410 e. The predicted octanol–water partition coefficient (Wildman–Crippen LogP) is 4.98. The van der Waals surface area contributed by atoms with Gasteiger partial charge in [-0.1, -0.05) is 36.4 Å². The van der Waals surface area contributed by atoms with Gasteiger partial charge in [-0.05, 0) is 62.4 Å². The molecule has 2 aliphatic heterocycles. The zero-order valence-electron chi connectivity index (χ0n) is 16.4. The van der Waals surface area contributed by atoms with Crippen LogP contribution in [0.15, 0.2) is 42.5 Å². The van der Waals surface area contributed by atoms with Crippen molar-refractivity contribution in [3.05, 3.63) is 48.0 Å². The molecule has 2 bridgehead atoms. The lowest BCUT2D eigenvalue weighted by atomic mass is 9.72. The first-order valence-corrected chi connectivity index (χ1v) is 9.98. The van der Waals surface area contributed by atoms with E-state index >= 15 is 0 Å². The second kappa shape index (κ2) is 6.52. The smallest absolute Gasteiger partial charge is 0.410 e. The molecule has 0 spiro atoms. The van der Waals surface area contributed by atoms with Crippen molar-refractivity contribution in [2.45, 2.75) is 76.2 Å². The number of aliphatic hydroxyl groups is 1. The van der Waals surface area contributed by atoms with E-state index in [-0.39, 0.29) is 18.2 Å². The van der Waals surface area contributed by atoms with Gasteiger partial charge in [-0.15, -0.1) is 0 Å². The van der Waals surface area contributed by atoms with Crippen molar-refractivity contribution in [3.8, 4) is 0 Å². The van der Waals surface area contributed by atoms with Crippen LogP contribution in [0.5, 0.6) is 0 Å². The molecule has 4 rings (SSSR count). The van der Waals surface area contributed by atoms with E-state index < -0.39 is 11.2 Å². The van der Waals surface area contributed by atoms with Gasteiger partial charge in [-0.2, -0.15) is 0 Å². The first-order chi connectivity index (χ1) is 12.8. The summed E-state index contributed by atoms with van der Waals surface area (Å²) < 4.78 is 5.65. The van der Waals surface area contributed by atoms with Crippen LogP contribution in [0.3, 0.4) is 0 Å². The average molecular weight is 367 g/mol. The highest BCUT2D eigenvalue weighted by molar-refractivity contribution is 5.83. The highest BCUT2D eigenvalue weighted by atomic mass is 16.6. The number of benzene rings is 2. The Morgan fingerprint density at radius 1 is 1.07 bits per heavy atom. The van der Waals surface area contributed by atoms with Crippen LogP contribution in [0, 0.1) is 0 Å². The molecule has 144 valence electrons. The van der Waals surface area contributed by atoms with E-state index in [0.29, 0.717) is 12.8 Å². The first kappa shape index (κ1) is 18.3. The summed E-state index contributed by atoms with van der Waals surface area (Å²) in [5.41, 5.74) is -0.433. The summed E-state index contributed by atoms with van der Waals surface area (Å²) in [6, 6.07) is 14.5. The monoisotopic (exact) mass is 367 g/mol. The van der Waals surface area contributed by atoms with E-state index in [1.165, 1.54) is 5.39 Å². The van der Waals surface area contributed by atoms with Crippen molar-refractivity contribution in [1.82, 2.24) is 4.90 Å². The number of amides is 1. The fourth-order valence-corrected chi connectivity index (χ4v) is 4.76. The third-order valence-corrected chi connectivity index (χ3v) is 5.90. The summed E-state index contributed by atoms with van der Waals surface area (Å²) in [6.45, 7) is 5.70. The third-order valence-electron chi connectivity index (χ3n) is 5.90. The van der Waals surface area contributed by atoms with E-state index in [2.05, 4.69) is 24.3 Å². The number of carbonyl (C=O) groups is 1. The number of piperidine rings is 2. The maximum absolute atomic E-state index is 12.8. The van der Waals surface area contributed by atoms with Crippen molar-refractivity contribution in [1.29, 1.82) is 0 Å². The molecule has 2 fully saturated rings. The van der Waals surface area contributed by atoms with Crippen molar-refractivity contribution in [2.75, 3.05) is 0 Å². The average Bonchev–Trinajstić information content (AvgIpc) is 2.59. The SMILES string of the molecule is CC(C)(C)OC(=O)N1C2CCCC1CC(O)(c1ccc3ccccc3c1)C2. The van der Waals surface area contributed by atoms with E-state index in [0.717, 1.165) is 30.2 Å². The molecular formula is C23H29NO3. The molecule has 0 aromatic heterocycles. The summed E-state index contributed by atoms with van der Waals surface area (Å²) in [6.07, 6.45) is 3.85. The van der Waals surface area contributed by atoms with Gasteiger partial charge in [0.25, 0.3) is 0 Å². The van der Waals surface area contributed by atoms with Crippen LogP contribution in [0.4, 0.5) is 4.79 Å². The molecule has 27 heavy (non-hydrogen) atoms. The summed E-state index contributed by atoms with van der Waals surface area (Å²) in [5, 5.41) is 13.9. The number of hydrogen-bond acceptors (Lipinski definition) is 3. The van der Waals surface area contributed by atoms with Crippen LogP contribution in [0.2, 0.25) is 0 Å². The third kappa shape index (κ3) is 3.55. The highest BCUT2D eigenvalue weighted by Crippen LogP contribution is 2.45. The minimum Gasteiger partial charge on any atom is -0.444 e. The van der Waals surface area contributed by atoms with Crippen LogP contribution in [0.1, 0.15) is 58.4 Å². The normalized spacial score (nSPS) is 28.2. The summed E-state index contributed by atoms with van der Waals surface area (Å²) in [4.78, 5) is 14.7. The first-order valence-electron chi connectivity index (χ1n) is 9.98. The van der Waals surface area contributed by atoms with Crippen LogP contribution in [0.25, 0.3) is 10.8 Å².